The molecule has 4 rings (SSSR count). The molecule has 0 saturated heterocycles. The van der Waals surface area contributed by atoms with Crippen molar-refractivity contribution in [3.05, 3.63) is 33.8 Å². The van der Waals surface area contributed by atoms with Crippen LogP contribution in [0, 0.1) is 29.1 Å². The van der Waals surface area contributed by atoms with Gasteiger partial charge >= 0.3 is 0 Å². The lowest BCUT2D eigenvalue weighted by molar-refractivity contribution is -0.129. The minimum atomic E-state index is -0.0455. The van der Waals surface area contributed by atoms with Crippen molar-refractivity contribution in [2.75, 3.05) is 0 Å². The normalized spacial score (nSPS) is 34.9. The average Bonchev–Trinajstić information content (AvgIpc) is 2.85. The van der Waals surface area contributed by atoms with E-state index < -0.39 is 0 Å². The topological polar surface area (TPSA) is 17.1 Å². The van der Waals surface area contributed by atoms with Crippen LogP contribution in [0.5, 0.6) is 0 Å². The van der Waals surface area contributed by atoms with E-state index in [-0.39, 0.29) is 5.41 Å². The Kier molecular flexibility index (Phi) is 3.58. The number of ketones is 1. The van der Waals surface area contributed by atoms with Crippen molar-refractivity contribution in [1.29, 1.82) is 0 Å². The van der Waals surface area contributed by atoms with Gasteiger partial charge in [0, 0.05) is 17.4 Å². The number of hydrogen-bond acceptors (Lipinski definition) is 1. The number of benzene rings is 1. The van der Waals surface area contributed by atoms with Gasteiger partial charge in [-0.15, -0.1) is 5.92 Å². The third kappa shape index (κ3) is 2.11. The van der Waals surface area contributed by atoms with E-state index in [0.29, 0.717) is 23.5 Å². The Hall–Kier alpha value is -1.26. The summed E-state index contributed by atoms with van der Waals surface area (Å²) in [6, 6.07) is 4.35. The van der Waals surface area contributed by atoms with Crippen LogP contribution in [0.1, 0.15) is 68.6 Å². The standard InChI is InChI=1S/C21H23ClO/c1-3-4-13-5-6-14-15-11-12-21(2)18(9-10-19(21)23)16(15)7-8-17(14)20(13)22/h5-6,15-16,18H,7-12H2,1-2H3/t15?,16?,18?,21-/m0/s1. The maximum absolute atomic E-state index is 12.4. The Balaban J connectivity index is 1.74. The second-order valence-electron chi connectivity index (χ2n) is 7.70. The van der Waals surface area contributed by atoms with E-state index >= 15 is 0 Å². The molecule has 2 heteroatoms. The third-order valence-corrected chi connectivity index (χ3v) is 7.24. The summed E-state index contributed by atoms with van der Waals surface area (Å²) in [6.07, 6.45) is 6.28. The highest BCUT2D eigenvalue weighted by atomic mass is 35.5. The van der Waals surface area contributed by atoms with Crippen molar-refractivity contribution in [2.45, 2.75) is 58.3 Å². The van der Waals surface area contributed by atoms with Crippen molar-refractivity contribution < 1.29 is 4.79 Å². The summed E-state index contributed by atoms with van der Waals surface area (Å²) in [7, 11) is 0. The molecule has 0 radical (unpaired) electrons. The van der Waals surface area contributed by atoms with Gasteiger partial charge in [-0.2, -0.15) is 0 Å². The van der Waals surface area contributed by atoms with Crippen LogP contribution in [0.25, 0.3) is 0 Å². The number of carbonyl (C=O) groups excluding carboxylic acids is 1. The molecule has 1 aromatic carbocycles. The molecule has 0 aliphatic heterocycles. The van der Waals surface area contributed by atoms with E-state index in [2.05, 4.69) is 30.9 Å². The molecule has 3 aliphatic carbocycles. The fourth-order valence-electron chi connectivity index (χ4n) is 5.63. The maximum Gasteiger partial charge on any atom is 0.139 e. The van der Waals surface area contributed by atoms with Crippen LogP contribution in [-0.2, 0) is 11.2 Å². The van der Waals surface area contributed by atoms with Crippen LogP contribution in [0.15, 0.2) is 12.1 Å². The van der Waals surface area contributed by atoms with Crippen LogP contribution >= 0.6 is 11.6 Å². The van der Waals surface area contributed by atoms with Gasteiger partial charge in [0.05, 0.1) is 5.02 Å². The molecule has 0 spiro atoms. The van der Waals surface area contributed by atoms with Crippen molar-refractivity contribution in [2.24, 2.45) is 17.3 Å². The number of Topliss-reactive ketones (excluding diaryl/α,β-unsaturated/α-hetero) is 1. The number of hydrogen-bond donors (Lipinski definition) is 0. The zero-order chi connectivity index (χ0) is 16.2. The summed E-state index contributed by atoms with van der Waals surface area (Å²) in [4.78, 5) is 12.4. The van der Waals surface area contributed by atoms with Crippen molar-refractivity contribution in [3.8, 4) is 11.8 Å². The summed E-state index contributed by atoms with van der Waals surface area (Å²) >= 11 is 6.64. The fourth-order valence-corrected chi connectivity index (χ4v) is 5.94. The van der Waals surface area contributed by atoms with Crippen LogP contribution in [-0.4, -0.2) is 5.78 Å². The minimum Gasteiger partial charge on any atom is -0.299 e. The molecule has 1 nitrogen and oxygen atoms in total. The molecule has 0 heterocycles. The van der Waals surface area contributed by atoms with E-state index in [1.54, 1.807) is 0 Å². The number of halogens is 1. The first-order valence-electron chi connectivity index (χ1n) is 8.83. The molecule has 0 amide bonds. The third-order valence-electron chi connectivity index (χ3n) is 6.81. The van der Waals surface area contributed by atoms with E-state index in [0.717, 1.165) is 42.7 Å². The van der Waals surface area contributed by atoms with Crippen LogP contribution in [0.4, 0.5) is 0 Å². The molecule has 1 aromatic rings. The SMILES string of the molecule is CC#Cc1ccc2c(c1Cl)CCC1C2CC[C@]2(C)C(=O)CCC12. The molecular formula is C21H23ClO. The molecule has 2 fully saturated rings. The summed E-state index contributed by atoms with van der Waals surface area (Å²) in [5, 5.41) is 0.867. The fraction of sp³-hybridized carbons (Fsp3) is 0.571. The van der Waals surface area contributed by atoms with Gasteiger partial charge in [-0.1, -0.05) is 30.5 Å². The van der Waals surface area contributed by atoms with Crippen LogP contribution in [0.3, 0.4) is 0 Å². The van der Waals surface area contributed by atoms with E-state index in [4.69, 9.17) is 11.6 Å². The molecule has 2 saturated carbocycles. The van der Waals surface area contributed by atoms with Crippen LogP contribution < -0.4 is 0 Å². The van der Waals surface area contributed by atoms with Gasteiger partial charge in [-0.25, -0.2) is 0 Å². The predicted octanol–water partition coefficient (Wildman–Crippen LogP) is 5.14. The number of carbonyl (C=O) groups is 1. The second-order valence-corrected chi connectivity index (χ2v) is 8.08. The van der Waals surface area contributed by atoms with Gasteiger partial charge in [0.15, 0.2) is 0 Å². The lowest BCUT2D eigenvalue weighted by Crippen LogP contribution is -2.42. The largest absolute Gasteiger partial charge is 0.299 e. The summed E-state index contributed by atoms with van der Waals surface area (Å²) in [6.45, 7) is 4.08. The first-order chi connectivity index (χ1) is 11.1. The molecule has 4 atom stereocenters. The van der Waals surface area contributed by atoms with E-state index in [9.17, 15) is 4.79 Å². The Labute approximate surface area is 143 Å². The highest BCUT2D eigenvalue weighted by molar-refractivity contribution is 6.32. The average molecular weight is 327 g/mol. The van der Waals surface area contributed by atoms with Crippen molar-refractivity contribution in [3.63, 3.8) is 0 Å². The van der Waals surface area contributed by atoms with Gasteiger partial charge in [0.25, 0.3) is 0 Å². The van der Waals surface area contributed by atoms with Crippen molar-refractivity contribution >= 4 is 17.4 Å². The number of rotatable bonds is 0. The first kappa shape index (κ1) is 15.3. The molecule has 0 aromatic heterocycles. The Morgan fingerprint density at radius 2 is 2.04 bits per heavy atom. The lowest BCUT2D eigenvalue weighted by Gasteiger charge is -2.48. The first-order valence-corrected chi connectivity index (χ1v) is 9.21. The molecule has 3 unspecified atom stereocenters. The molecule has 23 heavy (non-hydrogen) atoms. The number of fused-ring (bicyclic) bond motifs is 5. The Bertz CT molecular complexity index is 738. The highest BCUT2D eigenvalue weighted by Crippen LogP contribution is 2.59. The molecule has 3 aliphatic rings. The Morgan fingerprint density at radius 1 is 1.22 bits per heavy atom. The molecular weight excluding hydrogens is 304 g/mol. The zero-order valence-corrected chi connectivity index (χ0v) is 14.7. The Morgan fingerprint density at radius 3 is 2.83 bits per heavy atom. The molecule has 0 N–H and O–H groups in total. The van der Waals surface area contributed by atoms with Gasteiger partial charge < -0.3 is 0 Å². The lowest BCUT2D eigenvalue weighted by atomic mass is 9.55. The van der Waals surface area contributed by atoms with Gasteiger partial charge in [-0.3, -0.25) is 4.79 Å². The quantitative estimate of drug-likeness (QED) is 0.603. The van der Waals surface area contributed by atoms with E-state index in [1.807, 2.05) is 6.92 Å². The molecule has 120 valence electrons. The summed E-state index contributed by atoms with van der Waals surface area (Å²) in [5.74, 6) is 8.41. The monoisotopic (exact) mass is 326 g/mol. The molecule has 0 bridgehead atoms. The smallest absolute Gasteiger partial charge is 0.139 e. The van der Waals surface area contributed by atoms with Crippen LogP contribution in [0.2, 0.25) is 5.02 Å². The van der Waals surface area contributed by atoms with Gasteiger partial charge in [0.2, 0.25) is 0 Å². The van der Waals surface area contributed by atoms with Gasteiger partial charge in [0.1, 0.15) is 5.78 Å². The predicted molar refractivity (Wildman–Crippen MR) is 93.6 cm³/mol. The van der Waals surface area contributed by atoms with Gasteiger partial charge in [-0.05, 0) is 74.0 Å². The summed E-state index contributed by atoms with van der Waals surface area (Å²) < 4.78 is 0. The second kappa shape index (κ2) is 5.38. The van der Waals surface area contributed by atoms with E-state index in [1.165, 1.54) is 17.5 Å². The zero-order valence-electron chi connectivity index (χ0n) is 13.9. The highest BCUT2D eigenvalue weighted by Gasteiger charge is 2.54. The van der Waals surface area contributed by atoms with Crippen molar-refractivity contribution in [1.82, 2.24) is 0 Å². The minimum absolute atomic E-state index is 0.0455. The maximum atomic E-state index is 12.4. The summed E-state index contributed by atoms with van der Waals surface area (Å²) in [5.41, 5.74) is 3.68.